The van der Waals surface area contributed by atoms with E-state index in [1.807, 2.05) is 0 Å². The molecule has 9 nitrogen and oxygen atoms in total. The van der Waals surface area contributed by atoms with Crippen LogP contribution in [0.3, 0.4) is 0 Å². The Bertz CT molecular complexity index is 519. The van der Waals surface area contributed by atoms with Crippen molar-refractivity contribution in [3.05, 3.63) is 28.8 Å². The molecular formula is C9H13N7O2. The number of imidazole rings is 1. The van der Waals surface area contributed by atoms with Gasteiger partial charge in [-0.2, -0.15) is 0 Å². The Hall–Kier alpha value is -2.45. The van der Waals surface area contributed by atoms with Crippen LogP contribution >= 0.6 is 0 Å². The van der Waals surface area contributed by atoms with Gasteiger partial charge in [-0.1, -0.05) is 5.21 Å². The van der Waals surface area contributed by atoms with E-state index in [0.29, 0.717) is 18.9 Å². The molecule has 2 rings (SSSR count). The summed E-state index contributed by atoms with van der Waals surface area (Å²) in [5, 5.41) is 21.2. The lowest BCUT2D eigenvalue weighted by Crippen LogP contribution is -2.10. The highest BCUT2D eigenvalue weighted by atomic mass is 16.6. The van der Waals surface area contributed by atoms with Gasteiger partial charge >= 0.3 is 5.82 Å². The number of nitro groups is 1. The summed E-state index contributed by atoms with van der Waals surface area (Å²) in [7, 11) is 1.71. The van der Waals surface area contributed by atoms with Crippen molar-refractivity contribution in [2.75, 3.05) is 11.9 Å². The van der Waals surface area contributed by atoms with E-state index in [1.165, 1.54) is 6.33 Å². The third-order valence-corrected chi connectivity index (χ3v) is 2.42. The van der Waals surface area contributed by atoms with E-state index in [9.17, 15) is 10.1 Å². The lowest BCUT2D eigenvalue weighted by Gasteiger charge is -2.05. The molecule has 0 amide bonds. The maximum atomic E-state index is 10.7. The number of anilines is 1. The number of nitrogens with zero attached hydrogens (tertiary/aromatic N) is 6. The van der Waals surface area contributed by atoms with Crippen molar-refractivity contribution in [2.24, 2.45) is 7.05 Å². The van der Waals surface area contributed by atoms with Crippen LogP contribution in [-0.4, -0.2) is 36.0 Å². The minimum Gasteiger partial charge on any atom is -0.364 e. The monoisotopic (exact) mass is 251 g/mol. The fourth-order valence-corrected chi connectivity index (χ4v) is 1.56. The summed E-state index contributed by atoms with van der Waals surface area (Å²) in [6.45, 7) is 1.30. The van der Waals surface area contributed by atoms with Gasteiger partial charge in [0.1, 0.15) is 0 Å². The second-order valence-electron chi connectivity index (χ2n) is 3.73. The number of aromatic nitrogens is 5. The predicted molar refractivity (Wildman–Crippen MR) is 63.0 cm³/mol. The van der Waals surface area contributed by atoms with Crippen LogP contribution in [0.2, 0.25) is 0 Å². The zero-order valence-corrected chi connectivity index (χ0v) is 9.85. The Morgan fingerprint density at radius 1 is 1.56 bits per heavy atom. The van der Waals surface area contributed by atoms with Gasteiger partial charge in [0.2, 0.25) is 12.1 Å². The summed E-state index contributed by atoms with van der Waals surface area (Å²) in [5.74, 6) is 0.261. The first-order valence-corrected chi connectivity index (χ1v) is 5.42. The molecule has 0 aliphatic heterocycles. The topological polar surface area (TPSA) is 104 Å². The molecular weight excluding hydrogens is 238 g/mol. The normalized spacial score (nSPS) is 10.5. The molecule has 0 spiro atoms. The number of aryl methyl sites for hydroxylation is 2. The van der Waals surface area contributed by atoms with Crippen molar-refractivity contribution in [3.63, 3.8) is 0 Å². The summed E-state index contributed by atoms with van der Waals surface area (Å²) in [6.07, 6.45) is 5.58. The van der Waals surface area contributed by atoms with E-state index >= 15 is 0 Å². The maximum absolute atomic E-state index is 10.7. The predicted octanol–water partition coefficient (Wildman–Crippen LogP) is 0.422. The van der Waals surface area contributed by atoms with Crippen molar-refractivity contribution < 1.29 is 4.92 Å². The van der Waals surface area contributed by atoms with E-state index in [4.69, 9.17) is 0 Å². The minimum atomic E-state index is -0.500. The standard InChI is InChI=1S/C9H13N7O2/c1-14-7-11-9(16(17)18)8(14)10-3-2-5-15-6-4-12-13-15/h4,6-7,10H,2-3,5H2,1H3. The number of nitrogens with one attached hydrogen (secondary N) is 1. The largest absolute Gasteiger partial charge is 0.406 e. The van der Waals surface area contributed by atoms with Crippen LogP contribution in [0.4, 0.5) is 11.6 Å². The van der Waals surface area contributed by atoms with Crippen molar-refractivity contribution in [2.45, 2.75) is 13.0 Å². The third-order valence-electron chi connectivity index (χ3n) is 2.42. The SMILES string of the molecule is Cn1cnc([N+](=O)[O-])c1NCCCn1ccnn1. The average molecular weight is 251 g/mol. The van der Waals surface area contributed by atoms with E-state index in [0.717, 1.165) is 6.42 Å². The van der Waals surface area contributed by atoms with Crippen molar-refractivity contribution in [1.82, 2.24) is 24.5 Å². The molecule has 0 fully saturated rings. The molecule has 0 atom stereocenters. The molecule has 0 saturated carbocycles. The first kappa shape index (κ1) is 12.0. The molecule has 2 aromatic rings. The molecule has 2 aromatic heterocycles. The fraction of sp³-hybridized carbons (Fsp3) is 0.444. The Morgan fingerprint density at radius 2 is 2.39 bits per heavy atom. The minimum absolute atomic E-state index is 0.154. The van der Waals surface area contributed by atoms with Crippen molar-refractivity contribution in [1.29, 1.82) is 0 Å². The molecule has 0 radical (unpaired) electrons. The molecule has 0 aliphatic carbocycles. The van der Waals surface area contributed by atoms with Crippen LogP contribution in [0.25, 0.3) is 0 Å². The van der Waals surface area contributed by atoms with Gasteiger partial charge in [0, 0.05) is 26.3 Å². The van der Waals surface area contributed by atoms with E-state index < -0.39 is 4.92 Å². The lowest BCUT2D eigenvalue weighted by atomic mass is 10.4. The van der Waals surface area contributed by atoms with Gasteiger partial charge in [-0.25, -0.2) is 0 Å². The van der Waals surface area contributed by atoms with Gasteiger partial charge < -0.3 is 15.4 Å². The summed E-state index contributed by atoms with van der Waals surface area (Å²) >= 11 is 0. The Balaban J connectivity index is 1.86. The van der Waals surface area contributed by atoms with Crippen LogP contribution in [-0.2, 0) is 13.6 Å². The summed E-state index contributed by atoms with van der Waals surface area (Å²) in [5.41, 5.74) is 0. The van der Waals surface area contributed by atoms with Gasteiger partial charge in [0.25, 0.3) is 0 Å². The van der Waals surface area contributed by atoms with Gasteiger partial charge in [-0.05, 0) is 16.3 Å². The van der Waals surface area contributed by atoms with Crippen LogP contribution < -0.4 is 5.32 Å². The smallest absolute Gasteiger partial charge is 0.364 e. The highest BCUT2D eigenvalue weighted by Gasteiger charge is 2.19. The lowest BCUT2D eigenvalue weighted by molar-refractivity contribution is -0.388. The number of rotatable bonds is 6. The average Bonchev–Trinajstić information content (AvgIpc) is 2.94. The first-order chi connectivity index (χ1) is 8.68. The maximum Gasteiger partial charge on any atom is 0.406 e. The van der Waals surface area contributed by atoms with Gasteiger partial charge in [0.15, 0.2) is 0 Å². The van der Waals surface area contributed by atoms with Crippen LogP contribution in [0.15, 0.2) is 18.7 Å². The molecule has 0 saturated heterocycles. The summed E-state index contributed by atoms with van der Waals surface area (Å²) in [6, 6.07) is 0. The highest BCUT2D eigenvalue weighted by molar-refractivity contribution is 5.51. The third kappa shape index (κ3) is 2.62. The van der Waals surface area contributed by atoms with E-state index in [-0.39, 0.29) is 5.82 Å². The molecule has 0 unspecified atom stereocenters. The van der Waals surface area contributed by atoms with Crippen LogP contribution in [0, 0.1) is 10.1 Å². The van der Waals surface area contributed by atoms with Crippen molar-refractivity contribution in [3.8, 4) is 0 Å². The second kappa shape index (κ2) is 5.25. The van der Waals surface area contributed by atoms with Gasteiger partial charge in [-0.3, -0.25) is 9.25 Å². The van der Waals surface area contributed by atoms with E-state index in [1.54, 1.807) is 28.7 Å². The van der Waals surface area contributed by atoms with Gasteiger partial charge in [-0.15, -0.1) is 5.10 Å². The molecule has 18 heavy (non-hydrogen) atoms. The molecule has 0 aliphatic rings. The molecule has 0 aromatic carbocycles. The second-order valence-corrected chi connectivity index (χ2v) is 3.73. The Kier molecular flexibility index (Phi) is 3.51. The first-order valence-electron chi connectivity index (χ1n) is 5.42. The summed E-state index contributed by atoms with van der Waals surface area (Å²) in [4.78, 5) is 13.9. The van der Waals surface area contributed by atoms with E-state index in [2.05, 4.69) is 20.6 Å². The highest BCUT2D eigenvalue weighted by Crippen LogP contribution is 2.20. The quantitative estimate of drug-likeness (QED) is 0.453. The molecule has 0 bridgehead atoms. The number of hydrogen-bond acceptors (Lipinski definition) is 6. The number of hydrogen-bond donors (Lipinski definition) is 1. The Morgan fingerprint density at radius 3 is 3.06 bits per heavy atom. The molecule has 96 valence electrons. The molecule has 2 heterocycles. The molecule has 9 heteroatoms. The van der Waals surface area contributed by atoms with Crippen molar-refractivity contribution >= 4 is 11.6 Å². The van der Waals surface area contributed by atoms with Crippen LogP contribution in [0.5, 0.6) is 0 Å². The fourth-order valence-electron chi connectivity index (χ4n) is 1.56. The summed E-state index contributed by atoms with van der Waals surface area (Å²) < 4.78 is 3.30. The zero-order valence-electron chi connectivity index (χ0n) is 9.85. The van der Waals surface area contributed by atoms with Crippen LogP contribution in [0.1, 0.15) is 6.42 Å². The zero-order chi connectivity index (χ0) is 13.0. The molecule has 1 N–H and O–H groups in total. The Labute approximate surface area is 103 Å². The van der Waals surface area contributed by atoms with Gasteiger partial charge in [0.05, 0.1) is 6.20 Å².